The number of hydrogen-bond acceptors (Lipinski definition) is 3. The molecule has 0 aromatic rings. The zero-order valence-electron chi connectivity index (χ0n) is 12.9. The van der Waals surface area contributed by atoms with Crippen molar-refractivity contribution in [2.45, 2.75) is 63.8 Å². The first kappa shape index (κ1) is 15.8. The monoisotopic (exact) mass is 282 g/mol. The van der Waals surface area contributed by atoms with Crippen LogP contribution in [-0.4, -0.2) is 38.8 Å². The summed E-state index contributed by atoms with van der Waals surface area (Å²) < 4.78 is 5.35. The highest BCUT2D eigenvalue weighted by molar-refractivity contribution is 5.83. The van der Waals surface area contributed by atoms with Crippen molar-refractivity contribution in [1.29, 1.82) is 0 Å². The second-order valence-corrected chi connectivity index (χ2v) is 6.48. The van der Waals surface area contributed by atoms with Gasteiger partial charge in [-0.15, -0.1) is 0 Å². The van der Waals surface area contributed by atoms with E-state index >= 15 is 0 Å². The molecule has 1 aliphatic heterocycles. The Hall–Kier alpha value is -0.610. The van der Waals surface area contributed by atoms with E-state index in [2.05, 4.69) is 10.6 Å². The van der Waals surface area contributed by atoms with Crippen LogP contribution in [-0.2, 0) is 9.53 Å². The summed E-state index contributed by atoms with van der Waals surface area (Å²) in [4.78, 5) is 12.8. The quantitative estimate of drug-likeness (QED) is 0.831. The summed E-state index contributed by atoms with van der Waals surface area (Å²) in [6, 6.07) is 0.381. The highest BCUT2D eigenvalue weighted by Crippen LogP contribution is 2.30. The zero-order chi connectivity index (χ0) is 14.3. The highest BCUT2D eigenvalue weighted by Gasteiger charge is 2.40. The molecule has 0 aromatic carbocycles. The van der Waals surface area contributed by atoms with E-state index in [0.717, 1.165) is 38.8 Å². The van der Waals surface area contributed by atoms with Crippen LogP contribution >= 0.6 is 0 Å². The van der Waals surface area contributed by atoms with Gasteiger partial charge in [-0.05, 0) is 38.8 Å². The van der Waals surface area contributed by atoms with Crippen molar-refractivity contribution < 1.29 is 9.53 Å². The number of amides is 1. The Morgan fingerprint density at radius 3 is 2.35 bits per heavy atom. The van der Waals surface area contributed by atoms with E-state index < -0.39 is 0 Å². The summed E-state index contributed by atoms with van der Waals surface area (Å²) in [6.45, 7) is 2.39. The standard InChI is InChI=1S/C16H30N2O2/c1-20-13-16(9-11-17-12-10-16)15(19)18-14-7-5-3-2-4-6-8-14/h14,17H,2-13H2,1H3,(H,18,19). The van der Waals surface area contributed by atoms with Gasteiger partial charge in [0, 0.05) is 13.2 Å². The van der Waals surface area contributed by atoms with E-state index in [1.54, 1.807) is 7.11 Å². The minimum atomic E-state index is -0.303. The normalized spacial score (nSPS) is 24.6. The molecular formula is C16H30N2O2. The second-order valence-electron chi connectivity index (χ2n) is 6.48. The fourth-order valence-electron chi connectivity index (χ4n) is 3.56. The number of nitrogens with one attached hydrogen (secondary N) is 2. The molecule has 20 heavy (non-hydrogen) atoms. The number of rotatable bonds is 4. The summed E-state index contributed by atoms with van der Waals surface area (Å²) in [6.07, 6.45) is 10.6. The van der Waals surface area contributed by atoms with Crippen LogP contribution in [0.4, 0.5) is 0 Å². The SMILES string of the molecule is COCC1(C(=O)NC2CCCCCCC2)CCNCC1. The molecule has 2 aliphatic rings. The number of piperidine rings is 1. The van der Waals surface area contributed by atoms with Crippen LogP contribution in [0.2, 0.25) is 0 Å². The predicted octanol–water partition coefficient (Wildman–Crippen LogP) is 2.23. The van der Waals surface area contributed by atoms with Gasteiger partial charge in [-0.2, -0.15) is 0 Å². The number of methoxy groups -OCH3 is 1. The van der Waals surface area contributed by atoms with Crippen molar-refractivity contribution >= 4 is 5.91 Å². The lowest BCUT2D eigenvalue weighted by molar-refractivity contribution is -0.137. The van der Waals surface area contributed by atoms with E-state index in [1.807, 2.05) is 0 Å². The van der Waals surface area contributed by atoms with Gasteiger partial charge in [0.2, 0.25) is 5.91 Å². The number of carbonyl (C=O) groups excluding carboxylic acids is 1. The lowest BCUT2D eigenvalue weighted by Gasteiger charge is -2.37. The van der Waals surface area contributed by atoms with Gasteiger partial charge in [0.1, 0.15) is 0 Å². The molecule has 1 aliphatic carbocycles. The summed E-state index contributed by atoms with van der Waals surface area (Å²) in [5.41, 5.74) is -0.303. The first-order valence-corrected chi connectivity index (χ1v) is 8.27. The molecule has 0 atom stereocenters. The third-order valence-electron chi connectivity index (χ3n) is 4.90. The maximum atomic E-state index is 12.8. The lowest BCUT2D eigenvalue weighted by Crippen LogP contribution is -2.52. The molecule has 1 saturated carbocycles. The minimum Gasteiger partial charge on any atom is -0.384 e. The minimum absolute atomic E-state index is 0.228. The number of carbonyl (C=O) groups is 1. The van der Waals surface area contributed by atoms with Crippen molar-refractivity contribution in [2.24, 2.45) is 5.41 Å². The lowest BCUT2D eigenvalue weighted by atomic mass is 9.78. The van der Waals surface area contributed by atoms with E-state index in [0.29, 0.717) is 12.6 Å². The first-order chi connectivity index (χ1) is 9.77. The largest absolute Gasteiger partial charge is 0.384 e. The van der Waals surface area contributed by atoms with Gasteiger partial charge in [-0.3, -0.25) is 4.79 Å². The molecule has 4 nitrogen and oxygen atoms in total. The van der Waals surface area contributed by atoms with E-state index in [9.17, 15) is 4.79 Å². The predicted molar refractivity (Wildman–Crippen MR) is 80.7 cm³/mol. The van der Waals surface area contributed by atoms with Gasteiger partial charge < -0.3 is 15.4 Å². The molecule has 2 fully saturated rings. The summed E-state index contributed by atoms with van der Waals surface area (Å²) >= 11 is 0. The van der Waals surface area contributed by atoms with Crippen molar-refractivity contribution in [1.82, 2.24) is 10.6 Å². The van der Waals surface area contributed by atoms with Crippen LogP contribution in [0.15, 0.2) is 0 Å². The fourth-order valence-corrected chi connectivity index (χ4v) is 3.56. The fraction of sp³-hybridized carbons (Fsp3) is 0.938. The zero-order valence-corrected chi connectivity index (χ0v) is 12.9. The molecule has 0 bridgehead atoms. The van der Waals surface area contributed by atoms with Crippen molar-refractivity contribution in [2.75, 3.05) is 26.8 Å². The molecule has 0 spiro atoms. The highest BCUT2D eigenvalue weighted by atomic mass is 16.5. The van der Waals surface area contributed by atoms with Crippen molar-refractivity contribution in [3.63, 3.8) is 0 Å². The van der Waals surface area contributed by atoms with Gasteiger partial charge in [0.25, 0.3) is 0 Å². The van der Waals surface area contributed by atoms with Gasteiger partial charge in [-0.25, -0.2) is 0 Å². The maximum Gasteiger partial charge on any atom is 0.228 e. The average Bonchev–Trinajstić information content (AvgIpc) is 2.43. The Kier molecular flexibility index (Phi) is 6.30. The van der Waals surface area contributed by atoms with Crippen LogP contribution < -0.4 is 10.6 Å². The van der Waals surface area contributed by atoms with E-state index in [-0.39, 0.29) is 11.3 Å². The van der Waals surface area contributed by atoms with Crippen LogP contribution in [0.1, 0.15) is 57.8 Å². The van der Waals surface area contributed by atoms with Crippen LogP contribution in [0.3, 0.4) is 0 Å². The molecule has 0 unspecified atom stereocenters. The molecule has 1 amide bonds. The van der Waals surface area contributed by atoms with Gasteiger partial charge in [0.15, 0.2) is 0 Å². The number of hydrogen-bond donors (Lipinski definition) is 2. The Balaban J connectivity index is 1.92. The first-order valence-electron chi connectivity index (χ1n) is 8.27. The molecule has 1 saturated heterocycles. The van der Waals surface area contributed by atoms with Crippen LogP contribution in [0, 0.1) is 5.41 Å². The van der Waals surface area contributed by atoms with Crippen molar-refractivity contribution in [3.05, 3.63) is 0 Å². The molecule has 116 valence electrons. The second kappa shape index (κ2) is 7.99. The topological polar surface area (TPSA) is 50.4 Å². The molecular weight excluding hydrogens is 252 g/mol. The average molecular weight is 282 g/mol. The molecule has 0 aromatic heterocycles. The molecule has 0 radical (unpaired) electrons. The molecule has 2 rings (SSSR count). The summed E-state index contributed by atoms with van der Waals surface area (Å²) in [5, 5.41) is 6.67. The van der Waals surface area contributed by atoms with E-state index in [1.165, 1.54) is 32.1 Å². The van der Waals surface area contributed by atoms with Gasteiger partial charge in [-0.1, -0.05) is 32.1 Å². The molecule has 1 heterocycles. The van der Waals surface area contributed by atoms with Crippen molar-refractivity contribution in [3.8, 4) is 0 Å². The molecule has 2 N–H and O–H groups in total. The Morgan fingerprint density at radius 1 is 1.15 bits per heavy atom. The van der Waals surface area contributed by atoms with E-state index in [4.69, 9.17) is 4.74 Å². The molecule has 4 heteroatoms. The van der Waals surface area contributed by atoms with Crippen LogP contribution in [0.25, 0.3) is 0 Å². The Labute approximate surface area is 123 Å². The van der Waals surface area contributed by atoms with Gasteiger partial charge in [0.05, 0.1) is 12.0 Å². The summed E-state index contributed by atoms with van der Waals surface area (Å²) in [7, 11) is 1.70. The smallest absolute Gasteiger partial charge is 0.228 e. The Morgan fingerprint density at radius 2 is 1.75 bits per heavy atom. The number of ether oxygens (including phenoxy) is 1. The van der Waals surface area contributed by atoms with Crippen LogP contribution in [0.5, 0.6) is 0 Å². The summed E-state index contributed by atoms with van der Waals surface area (Å²) in [5.74, 6) is 0.228. The van der Waals surface area contributed by atoms with Gasteiger partial charge >= 0.3 is 0 Å². The maximum absolute atomic E-state index is 12.8. The third kappa shape index (κ3) is 4.19. The third-order valence-corrected chi connectivity index (χ3v) is 4.90. The Bertz CT molecular complexity index is 287.